The highest BCUT2D eigenvalue weighted by molar-refractivity contribution is 5.76. The fraction of sp³-hybridized carbons (Fsp3) is 0.424. The number of hydrogen-bond donors (Lipinski definition) is 1. The van der Waals surface area contributed by atoms with Crippen molar-refractivity contribution in [1.82, 2.24) is 0 Å². The number of fused-ring (bicyclic) bond motifs is 2. The van der Waals surface area contributed by atoms with E-state index in [-0.39, 0.29) is 24.1 Å². The van der Waals surface area contributed by atoms with Crippen molar-refractivity contribution in [2.45, 2.75) is 77.4 Å². The van der Waals surface area contributed by atoms with Crippen LogP contribution in [0.2, 0.25) is 0 Å². The third kappa shape index (κ3) is 5.67. The van der Waals surface area contributed by atoms with Crippen LogP contribution in [0.5, 0.6) is 11.5 Å². The number of benzene rings is 3. The molecule has 2 aliphatic rings. The summed E-state index contributed by atoms with van der Waals surface area (Å²) in [6, 6.07) is 13.5. The number of aryl methyl sites for hydroxylation is 3. The lowest BCUT2D eigenvalue weighted by Crippen LogP contribution is -2.19. The Labute approximate surface area is 229 Å². The molecule has 1 aliphatic carbocycles. The zero-order valence-electron chi connectivity index (χ0n) is 23.4. The second-order valence-corrected chi connectivity index (χ2v) is 11.5. The Kier molecular flexibility index (Phi) is 7.43. The fourth-order valence-corrected chi connectivity index (χ4v) is 6.05. The van der Waals surface area contributed by atoms with E-state index in [0.29, 0.717) is 36.5 Å². The fourth-order valence-electron chi connectivity index (χ4n) is 6.05. The van der Waals surface area contributed by atoms with Crippen LogP contribution in [0.1, 0.15) is 78.5 Å². The van der Waals surface area contributed by atoms with Gasteiger partial charge in [-0.1, -0.05) is 24.3 Å². The summed E-state index contributed by atoms with van der Waals surface area (Å²) in [5.41, 5.74) is 7.59. The van der Waals surface area contributed by atoms with E-state index >= 15 is 4.39 Å². The molecule has 1 N–H and O–H groups in total. The number of ether oxygens (including phenoxy) is 3. The largest absolute Gasteiger partial charge is 0.492 e. The molecule has 0 fully saturated rings. The second kappa shape index (κ2) is 10.6. The van der Waals surface area contributed by atoms with E-state index in [1.54, 1.807) is 6.07 Å². The molecule has 0 bridgehead atoms. The Bertz CT molecular complexity index is 1380. The summed E-state index contributed by atoms with van der Waals surface area (Å²) >= 11 is 0. The van der Waals surface area contributed by atoms with Crippen molar-refractivity contribution >= 4 is 5.97 Å². The van der Waals surface area contributed by atoms with Crippen molar-refractivity contribution < 1.29 is 28.5 Å². The molecule has 0 saturated heterocycles. The highest BCUT2D eigenvalue weighted by Gasteiger charge is 2.32. The molecular weight excluding hydrogens is 495 g/mol. The third-order valence-electron chi connectivity index (χ3n) is 7.95. The van der Waals surface area contributed by atoms with Gasteiger partial charge in [-0.25, -0.2) is 4.39 Å². The molecule has 2 atom stereocenters. The minimum absolute atomic E-state index is 0.0401. The maximum Gasteiger partial charge on any atom is 0.306 e. The molecule has 5 nitrogen and oxygen atoms in total. The van der Waals surface area contributed by atoms with E-state index in [2.05, 4.69) is 26.0 Å². The maximum absolute atomic E-state index is 15.3. The predicted octanol–water partition coefficient (Wildman–Crippen LogP) is 6.92. The van der Waals surface area contributed by atoms with Crippen LogP contribution in [0, 0.1) is 19.7 Å². The van der Waals surface area contributed by atoms with Gasteiger partial charge >= 0.3 is 5.97 Å². The zero-order chi connectivity index (χ0) is 27.9. The van der Waals surface area contributed by atoms with E-state index in [0.717, 1.165) is 46.2 Å². The lowest BCUT2D eigenvalue weighted by molar-refractivity contribution is -0.141. The van der Waals surface area contributed by atoms with Gasteiger partial charge in [0.25, 0.3) is 0 Å². The minimum atomic E-state index is -0.705. The van der Waals surface area contributed by atoms with Crippen LogP contribution >= 0.6 is 0 Å². The molecule has 6 heteroatoms. The van der Waals surface area contributed by atoms with Gasteiger partial charge in [-0.2, -0.15) is 0 Å². The van der Waals surface area contributed by atoms with Crippen LogP contribution < -0.4 is 9.47 Å². The predicted molar refractivity (Wildman–Crippen MR) is 149 cm³/mol. The zero-order valence-corrected chi connectivity index (χ0v) is 23.4. The SMILES string of the molecule is COC(=O)CC1COc2cc(O[C@@H]3CCc4c(-c5c(C)cc(CCC(C)(C)O)cc5C)ccc(F)c43)ccc21. The number of esters is 1. The Morgan fingerprint density at radius 2 is 1.87 bits per heavy atom. The molecule has 0 aromatic heterocycles. The quantitative estimate of drug-likeness (QED) is 0.319. The standard InChI is InChI=1S/C33H37FO5/c1-19-14-21(12-13-33(3,4)36)15-20(2)31(19)25-8-10-27(34)32-26(25)9-11-28(32)39-23-6-7-24-22(16-30(35)37-5)18-38-29(24)17-23/h6-8,10,14-15,17,22,28,36H,9,11-13,16,18H2,1-5H3/t22?,28-/m1/s1. The molecular formula is C33H37FO5. The first-order chi connectivity index (χ1) is 18.5. The minimum Gasteiger partial charge on any atom is -0.492 e. The summed E-state index contributed by atoms with van der Waals surface area (Å²) < 4.78 is 32.2. The second-order valence-electron chi connectivity index (χ2n) is 11.5. The molecule has 1 heterocycles. The number of carbonyl (C=O) groups is 1. The number of carbonyl (C=O) groups excluding carboxylic acids is 1. The first kappa shape index (κ1) is 27.2. The Hall–Kier alpha value is -3.38. The molecule has 1 aliphatic heterocycles. The van der Waals surface area contributed by atoms with E-state index in [1.165, 1.54) is 12.7 Å². The number of halogens is 1. The van der Waals surface area contributed by atoms with Crippen molar-refractivity contribution in [2.24, 2.45) is 0 Å². The van der Waals surface area contributed by atoms with Gasteiger partial charge in [-0.05, 0) is 98.9 Å². The van der Waals surface area contributed by atoms with E-state index < -0.39 is 11.7 Å². The molecule has 0 radical (unpaired) electrons. The van der Waals surface area contributed by atoms with Crippen molar-refractivity contribution in [3.63, 3.8) is 0 Å². The van der Waals surface area contributed by atoms with Gasteiger partial charge < -0.3 is 19.3 Å². The van der Waals surface area contributed by atoms with Crippen molar-refractivity contribution in [3.05, 3.63) is 81.7 Å². The Balaban J connectivity index is 1.40. The summed E-state index contributed by atoms with van der Waals surface area (Å²) in [6.45, 7) is 8.30. The van der Waals surface area contributed by atoms with Crippen LogP contribution in [0.3, 0.4) is 0 Å². The van der Waals surface area contributed by atoms with Crippen LogP contribution in [0.4, 0.5) is 4.39 Å². The van der Waals surface area contributed by atoms with Gasteiger partial charge in [0.05, 0.1) is 25.7 Å². The van der Waals surface area contributed by atoms with Crippen molar-refractivity contribution in [1.29, 1.82) is 0 Å². The molecule has 206 valence electrons. The lowest BCUT2D eigenvalue weighted by atomic mass is 9.88. The number of methoxy groups -OCH3 is 1. The van der Waals surface area contributed by atoms with Gasteiger partial charge in [-0.3, -0.25) is 4.79 Å². The van der Waals surface area contributed by atoms with Crippen molar-refractivity contribution in [3.8, 4) is 22.6 Å². The monoisotopic (exact) mass is 532 g/mol. The van der Waals surface area contributed by atoms with Crippen LogP contribution in [-0.2, 0) is 22.4 Å². The molecule has 5 rings (SSSR count). The van der Waals surface area contributed by atoms with Gasteiger partial charge in [0.15, 0.2) is 0 Å². The summed E-state index contributed by atoms with van der Waals surface area (Å²) in [5.74, 6) is 0.772. The Morgan fingerprint density at radius 3 is 2.56 bits per heavy atom. The first-order valence-electron chi connectivity index (χ1n) is 13.7. The van der Waals surface area contributed by atoms with Gasteiger partial charge in [0.1, 0.15) is 23.4 Å². The smallest absolute Gasteiger partial charge is 0.306 e. The number of aliphatic hydroxyl groups is 1. The van der Waals surface area contributed by atoms with Gasteiger partial charge in [-0.15, -0.1) is 0 Å². The van der Waals surface area contributed by atoms with Crippen LogP contribution in [0.15, 0.2) is 42.5 Å². The lowest BCUT2D eigenvalue weighted by Gasteiger charge is -2.20. The molecule has 0 amide bonds. The highest BCUT2D eigenvalue weighted by atomic mass is 19.1. The van der Waals surface area contributed by atoms with Gasteiger partial charge in [0, 0.05) is 23.1 Å². The normalized spacial score (nSPS) is 17.9. The average Bonchev–Trinajstić information content (AvgIpc) is 3.48. The highest BCUT2D eigenvalue weighted by Crippen LogP contribution is 2.45. The molecule has 0 saturated carbocycles. The number of hydrogen-bond acceptors (Lipinski definition) is 5. The molecule has 3 aromatic carbocycles. The number of rotatable bonds is 8. The molecule has 1 unspecified atom stereocenters. The van der Waals surface area contributed by atoms with E-state index in [1.807, 2.05) is 38.1 Å². The summed E-state index contributed by atoms with van der Waals surface area (Å²) in [6.07, 6.45) is 2.79. The van der Waals surface area contributed by atoms with E-state index in [9.17, 15) is 9.90 Å². The molecule has 3 aromatic rings. The third-order valence-corrected chi connectivity index (χ3v) is 7.95. The molecule has 39 heavy (non-hydrogen) atoms. The molecule has 0 spiro atoms. The van der Waals surface area contributed by atoms with Crippen LogP contribution in [-0.4, -0.2) is 30.4 Å². The van der Waals surface area contributed by atoms with Crippen LogP contribution in [0.25, 0.3) is 11.1 Å². The average molecular weight is 533 g/mol. The Morgan fingerprint density at radius 1 is 1.13 bits per heavy atom. The summed E-state index contributed by atoms with van der Waals surface area (Å²) in [5, 5.41) is 10.1. The topological polar surface area (TPSA) is 65.0 Å². The summed E-state index contributed by atoms with van der Waals surface area (Å²) in [4.78, 5) is 11.7. The first-order valence-corrected chi connectivity index (χ1v) is 13.7. The summed E-state index contributed by atoms with van der Waals surface area (Å²) in [7, 11) is 1.39. The maximum atomic E-state index is 15.3. The van der Waals surface area contributed by atoms with E-state index in [4.69, 9.17) is 14.2 Å². The van der Waals surface area contributed by atoms with Crippen molar-refractivity contribution in [2.75, 3.05) is 13.7 Å². The van der Waals surface area contributed by atoms with Gasteiger partial charge in [0.2, 0.25) is 0 Å².